The molecule has 0 bridgehead atoms. The van der Waals surface area contributed by atoms with Gasteiger partial charge in [-0.2, -0.15) is 0 Å². The molecule has 4 nitrogen and oxygen atoms in total. The van der Waals surface area contributed by atoms with E-state index in [1.165, 1.54) is 0 Å². The van der Waals surface area contributed by atoms with Gasteiger partial charge in [0.25, 0.3) is 0 Å². The van der Waals surface area contributed by atoms with Crippen LogP contribution in [0, 0.1) is 0 Å². The fourth-order valence-corrected chi connectivity index (χ4v) is 1.27. The van der Waals surface area contributed by atoms with Crippen LogP contribution in [0.1, 0.15) is 13.3 Å². The Morgan fingerprint density at radius 1 is 1.64 bits per heavy atom. The molecule has 0 aliphatic heterocycles. The molecule has 2 N–H and O–H groups in total. The molecule has 82 valence electrons. The fourth-order valence-electron chi connectivity index (χ4n) is 0.816. The highest BCUT2D eigenvalue weighted by Gasteiger charge is 2.03. The van der Waals surface area contributed by atoms with E-state index in [0.717, 1.165) is 19.0 Å². The third-order valence-corrected chi connectivity index (χ3v) is 3.19. The van der Waals surface area contributed by atoms with Gasteiger partial charge in [-0.15, -0.1) is 0 Å². The average Bonchev–Trinajstić information content (AvgIpc) is 2.09. The van der Waals surface area contributed by atoms with Crippen LogP contribution in [0.15, 0.2) is 12.2 Å². The number of hydrogen-bond acceptors (Lipinski definition) is 3. The topological polar surface area (TPSA) is 66.4 Å². The molecule has 0 radical (unpaired) electrons. The van der Waals surface area contributed by atoms with Crippen molar-refractivity contribution in [2.45, 2.75) is 18.6 Å². The average molecular weight is 219 g/mol. The van der Waals surface area contributed by atoms with Gasteiger partial charge in [0.15, 0.2) is 0 Å². The summed E-state index contributed by atoms with van der Waals surface area (Å²) in [6, 6.07) is 0. The van der Waals surface area contributed by atoms with Crippen molar-refractivity contribution < 1.29 is 14.1 Å². The Kier molecular flexibility index (Phi) is 7.32. The Morgan fingerprint density at radius 3 is 2.79 bits per heavy atom. The molecule has 0 aromatic heterocycles. The summed E-state index contributed by atoms with van der Waals surface area (Å²) in [6.07, 6.45) is 5.18. The van der Waals surface area contributed by atoms with Gasteiger partial charge in [-0.1, -0.05) is 13.0 Å². The molecule has 0 rings (SSSR count). The molecule has 0 saturated heterocycles. The molecule has 0 aliphatic carbocycles. The number of nitrogens with one attached hydrogen (secondary N) is 1. The molecule has 0 saturated carbocycles. The largest absolute Gasteiger partial charge is 0.478 e. The fraction of sp³-hybridized carbons (Fsp3) is 0.667. The van der Waals surface area contributed by atoms with Crippen molar-refractivity contribution in [3.63, 3.8) is 0 Å². The summed E-state index contributed by atoms with van der Waals surface area (Å²) >= 11 is 0. The standard InChI is InChI=1S/C9H17NO3S/c1-8(14(2)13)5-7-10-6-3-4-9(11)12/h3-4,8,10H,5-7H2,1-2H3,(H,11,12)/b4-3+. The van der Waals surface area contributed by atoms with Gasteiger partial charge < -0.3 is 10.4 Å². The lowest BCUT2D eigenvalue weighted by molar-refractivity contribution is -0.131. The quantitative estimate of drug-likeness (QED) is 0.480. The minimum atomic E-state index is -0.935. The maximum atomic E-state index is 10.9. The highest BCUT2D eigenvalue weighted by Crippen LogP contribution is 1.96. The Labute approximate surface area is 86.8 Å². The molecule has 0 aromatic carbocycles. The van der Waals surface area contributed by atoms with Crippen molar-refractivity contribution in [3.05, 3.63) is 12.2 Å². The number of aliphatic carboxylic acids is 1. The molecule has 0 fully saturated rings. The molecule has 0 heterocycles. The summed E-state index contributed by atoms with van der Waals surface area (Å²) in [5.41, 5.74) is 0. The third-order valence-electron chi connectivity index (χ3n) is 1.82. The zero-order valence-corrected chi connectivity index (χ0v) is 9.34. The zero-order valence-electron chi connectivity index (χ0n) is 8.53. The maximum Gasteiger partial charge on any atom is 0.328 e. The Bertz CT molecular complexity index is 228. The van der Waals surface area contributed by atoms with Crippen LogP contribution >= 0.6 is 0 Å². The van der Waals surface area contributed by atoms with E-state index < -0.39 is 16.8 Å². The molecular formula is C9H17NO3S. The van der Waals surface area contributed by atoms with Crippen molar-refractivity contribution >= 4 is 16.8 Å². The van der Waals surface area contributed by atoms with Gasteiger partial charge in [0.05, 0.1) is 0 Å². The number of rotatable bonds is 7. The predicted molar refractivity (Wildman–Crippen MR) is 57.8 cm³/mol. The summed E-state index contributed by atoms with van der Waals surface area (Å²) < 4.78 is 10.9. The lowest BCUT2D eigenvalue weighted by atomic mass is 10.3. The number of carboxylic acid groups (broad SMARTS) is 1. The lowest BCUT2D eigenvalue weighted by Gasteiger charge is -2.07. The van der Waals surface area contributed by atoms with Crippen molar-refractivity contribution in [3.8, 4) is 0 Å². The first-order valence-corrected chi connectivity index (χ1v) is 6.08. The number of carboxylic acids is 1. The van der Waals surface area contributed by atoms with Crippen LogP contribution in [0.4, 0.5) is 0 Å². The second-order valence-corrected chi connectivity index (χ2v) is 4.84. The molecule has 2 unspecified atom stereocenters. The lowest BCUT2D eigenvalue weighted by Crippen LogP contribution is -2.21. The zero-order chi connectivity index (χ0) is 11.0. The number of carbonyl (C=O) groups is 1. The first kappa shape index (κ1) is 13.3. The van der Waals surface area contributed by atoms with Crippen LogP contribution in [-0.2, 0) is 15.6 Å². The van der Waals surface area contributed by atoms with Gasteiger partial charge in [-0.3, -0.25) is 4.21 Å². The van der Waals surface area contributed by atoms with Crippen molar-refractivity contribution in [2.24, 2.45) is 0 Å². The van der Waals surface area contributed by atoms with Crippen molar-refractivity contribution in [1.29, 1.82) is 0 Å². The van der Waals surface area contributed by atoms with Crippen LogP contribution in [0.2, 0.25) is 0 Å². The van der Waals surface area contributed by atoms with E-state index in [2.05, 4.69) is 5.32 Å². The molecule has 0 aliphatic rings. The van der Waals surface area contributed by atoms with Crippen molar-refractivity contribution in [2.75, 3.05) is 19.3 Å². The van der Waals surface area contributed by atoms with Crippen LogP contribution < -0.4 is 5.32 Å². The summed E-state index contributed by atoms with van der Waals surface area (Å²) in [5, 5.41) is 11.5. The number of hydrogen-bond donors (Lipinski definition) is 2. The molecule has 0 aromatic rings. The minimum absolute atomic E-state index is 0.186. The van der Waals surface area contributed by atoms with E-state index in [4.69, 9.17) is 5.11 Å². The van der Waals surface area contributed by atoms with Gasteiger partial charge >= 0.3 is 5.97 Å². The van der Waals surface area contributed by atoms with Gasteiger partial charge in [0, 0.05) is 34.9 Å². The smallest absolute Gasteiger partial charge is 0.328 e. The van der Waals surface area contributed by atoms with Crippen LogP contribution in [-0.4, -0.2) is 39.9 Å². The molecule has 2 atom stereocenters. The monoisotopic (exact) mass is 219 g/mol. The second-order valence-electron chi connectivity index (χ2n) is 3.04. The normalized spacial score (nSPS) is 15.6. The van der Waals surface area contributed by atoms with Gasteiger partial charge in [-0.25, -0.2) is 4.79 Å². The van der Waals surface area contributed by atoms with E-state index in [0.29, 0.717) is 6.54 Å². The van der Waals surface area contributed by atoms with E-state index in [1.807, 2.05) is 6.92 Å². The van der Waals surface area contributed by atoms with Gasteiger partial charge in [0.2, 0.25) is 0 Å². The van der Waals surface area contributed by atoms with E-state index >= 15 is 0 Å². The van der Waals surface area contributed by atoms with Crippen LogP contribution in [0.3, 0.4) is 0 Å². The summed E-state index contributed by atoms with van der Waals surface area (Å²) in [4.78, 5) is 10.1. The van der Waals surface area contributed by atoms with E-state index in [9.17, 15) is 9.00 Å². The minimum Gasteiger partial charge on any atom is -0.478 e. The highest BCUT2D eigenvalue weighted by atomic mass is 32.2. The molecule has 5 heteroatoms. The predicted octanol–water partition coefficient (Wildman–Crippen LogP) is 0.374. The first-order valence-electron chi connectivity index (χ1n) is 4.46. The second kappa shape index (κ2) is 7.70. The maximum absolute atomic E-state index is 10.9. The first-order chi connectivity index (χ1) is 6.54. The van der Waals surface area contributed by atoms with Crippen LogP contribution in [0.25, 0.3) is 0 Å². The molecule has 0 amide bonds. The molecule has 14 heavy (non-hydrogen) atoms. The van der Waals surface area contributed by atoms with Gasteiger partial charge in [-0.05, 0) is 13.0 Å². The van der Waals surface area contributed by atoms with E-state index in [1.54, 1.807) is 12.3 Å². The Balaban J connectivity index is 3.38. The summed E-state index contributed by atoms with van der Waals surface area (Å²) in [5.74, 6) is -0.935. The summed E-state index contributed by atoms with van der Waals surface area (Å²) in [7, 11) is -0.777. The van der Waals surface area contributed by atoms with Gasteiger partial charge in [0.1, 0.15) is 0 Å². The Morgan fingerprint density at radius 2 is 2.29 bits per heavy atom. The van der Waals surface area contributed by atoms with Crippen LogP contribution in [0.5, 0.6) is 0 Å². The van der Waals surface area contributed by atoms with E-state index in [-0.39, 0.29) is 5.25 Å². The highest BCUT2D eigenvalue weighted by molar-refractivity contribution is 7.84. The molecule has 0 spiro atoms. The SMILES string of the molecule is CC(CCNC/C=C/C(=O)O)S(C)=O. The third kappa shape index (κ3) is 7.94. The Hall–Kier alpha value is -0.680. The van der Waals surface area contributed by atoms with Crippen molar-refractivity contribution in [1.82, 2.24) is 5.32 Å². The molecular weight excluding hydrogens is 202 g/mol. The summed E-state index contributed by atoms with van der Waals surface area (Å²) in [6.45, 7) is 3.23.